The minimum Gasteiger partial charge on any atom is -0.508 e. The summed E-state index contributed by atoms with van der Waals surface area (Å²) in [6, 6.07) is 5.66. The van der Waals surface area contributed by atoms with E-state index in [1.807, 2.05) is 4.90 Å². The number of carbonyl (C=O) groups excluding carboxylic acids is 2. The molecule has 3 aliphatic heterocycles. The molecule has 4 aromatic rings. The maximum absolute atomic E-state index is 16.8. The molecule has 0 radical (unpaired) electrons. The smallest absolute Gasteiger partial charge is 0.319 e. The largest absolute Gasteiger partial charge is 0.508 e. The number of piperidine rings is 1. The molecule has 0 aliphatic carbocycles. The first-order chi connectivity index (χ1) is 23.1. The predicted octanol–water partition coefficient (Wildman–Crippen LogP) is 5.23. The number of phenolic OH excluding ortho intramolecular Hbond substituents is 1. The number of imide groups is 1. The Bertz CT molecular complexity index is 1930. The van der Waals surface area contributed by atoms with E-state index in [9.17, 15) is 23.5 Å². The first-order valence-corrected chi connectivity index (χ1v) is 16.5. The highest BCUT2D eigenvalue weighted by Crippen LogP contribution is 2.42. The fourth-order valence-electron chi connectivity index (χ4n) is 7.82. The van der Waals surface area contributed by atoms with Crippen LogP contribution in [0.5, 0.6) is 11.8 Å². The molecule has 0 saturated carbocycles. The number of hydrogen-bond acceptors (Lipinski definition) is 9. The van der Waals surface area contributed by atoms with Crippen LogP contribution in [0.15, 0.2) is 30.5 Å². The van der Waals surface area contributed by atoms with E-state index in [1.54, 1.807) is 6.92 Å². The summed E-state index contributed by atoms with van der Waals surface area (Å²) in [5.41, 5.74) is -0.0748. The van der Waals surface area contributed by atoms with Crippen LogP contribution in [-0.2, 0) is 16.0 Å². The van der Waals surface area contributed by atoms with Gasteiger partial charge in [0.05, 0.1) is 10.9 Å². The SMILES string of the molecule is CCc1c(F)ccc2cc(O)cc(-c3ncc4c(N5CCC(C(=O)NC(C)=O)CC5)nc(OC[C@@]56CCCN5C[C@H](F)C6)nc4c3F)c12. The van der Waals surface area contributed by atoms with Crippen LogP contribution in [0, 0.1) is 17.6 Å². The standard InChI is InChI=1S/C35H37F3N6O4/c1-3-24-27(37)6-5-21-13-23(46)14-25(28(21)24)30-29(38)31-26(16-39-30)32(43-11-7-20(8-12-43)33(47)40-19(2)45)42-34(41-31)48-18-35-9-4-10-44(35)17-22(36)15-35/h5-6,13-14,16,20,22,46H,3-4,7-12,15,17-18H2,1-2H3,(H,40,45,47)/t22-,35+/m1/s1. The molecule has 0 spiro atoms. The maximum atomic E-state index is 16.8. The number of fused-ring (bicyclic) bond motifs is 3. The number of anilines is 1. The first kappa shape index (κ1) is 32.0. The second kappa shape index (κ2) is 12.5. The van der Waals surface area contributed by atoms with E-state index < -0.39 is 29.3 Å². The van der Waals surface area contributed by atoms with Crippen molar-refractivity contribution in [2.24, 2.45) is 5.92 Å². The lowest BCUT2D eigenvalue weighted by Crippen LogP contribution is -2.43. The summed E-state index contributed by atoms with van der Waals surface area (Å²) in [7, 11) is 0. The monoisotopic (exact) mass is 662 g/mol. The molecule has 3 saturated heterocycles. The molecular formula is C35H37F3N6O4. The van der Waals surface area contributed by atoms with Gasteiger partial charge in [-0.2, -0.15) is 9.97 Å². The summed E-state index contributed by atoms with van der Waals surface area (Å²) >= 11 is 0. The highest BCUT2D eigenvalue weighted by atomic mass is 19.1. The van der Waals surface area contributed by atoms with Gasteiger partial charge in [0.15, 0.2) is 5.82 Å². The number of aromatic nitrogens is 3. The van der Waals surface area contributed by atoms with E-state index in [2.05, 4.69) is 20.2 Å². The number of aromatic hydroxyl groups is 1. The van der Waals surface area contributed by atoms with Crippen LogP contribution in [0.1, 0.15) is 51.5 Å². The van der Waals surface area contributed by atoms with Gasteiger partial charge >= 0.3 is 6.01 Å². The van der Waals surface area contributed by atoms with Crippen molar-refractivity contribution in [3.8, 4) is 23.0 Å². The zero-order valence-corrected chi connectivity index (χ0v) is 26.9. The Labute approximate surface area is 275 Å². The van der Waals surface area contributed by atoms with Crippen LogP contribution in [0.3, 0.4) is 0 Å². The van der Waals surface area contributed by atoms with Crippen LogP contribution >= 0.6 is 0 Å². The number of nitrogens with zero attached hydrogens (tertiary/aromatic N) is 5. The van der Waals surface area contributed by atoms with Crippen molar-refractivity contribution in [3.63, 3.8) is 0 Å². The second-order valence-corrected chi connectivity index (χ2v) is 13.2. The molecule has 5 heterocycles. The normalized spacial score (nSPS) is 21.6. The Balaban J connectivity index is 1.32. The van der Waals surface area contributed by atoms with Gasteiger partial charge in [-0.1, -0.05) is 13.0 Å². The number of benzene rings is 2. The molecular weight excluding hydrogens is 625 g/mol. The van der Waals surface area contributed by atoms with Crippen LogP contribution < -0.4 is 15.0 Å². The van der Waals surface area contributed by atoms with Crippen molar-refractivity contribution in [1.29, 1.82) is 0 Å². The van der Waals surface area contributed by atoms with Crippen LogP contribution in [0.4, 0.5) is 19.0 Å². The number of amides is 2. The molecule has 2 aromatic carbocycles. The van der Waals surface area contributed by atoms with Crippen molar-refractivity contribution >= 4 is 39.3 Å². The zero-order valence-electron chi connectivity index (χ0n) is 26.9. The number of rotatable bonds is 7. The molecule has 252 valence electrons. The van der Waals surface area contributed by atoms with Crippen molar-refractivity contribution < 1.29 is 32.6 Å². The molecule has 0 bridgehead atoms. The highest BCUT2D eigenvalue weighted by Gasteiger charge is 2.49. The van der Waals surface area contributed by atoms with Crippen molar-refractivity contribution in [1.82, 2.24) is 25.2 Å². The van der Waals surface area contributed by atoms with Crippen molar-refractivity contribution in [3.05, 3.63) is 47.7 Å². The molecule has 10 nitrogen and oxygen atoms in total. The van der Waals surface area contributed by atoms with Gasteiger partial charge in [-0.3, -0.25) is 24.8 Å². The number of pyridine rings is 1. The first-order valence-electron chi connectivity index (χ1n) is 16.5. The number of ether oxygens (including phenoxy) is 1. The van der Waals surface area contributed by atoms with Crippen molar-refractivity contribution in [2.45, 2.75) is 64.1 Å². The Morgan fingerprint density at radius 2 is 1.94 bits per heavy atom. The van der Waals surface area contributed by atoms with Gasteiger partial charge in [0.1, 0.15) is 41.4 Å². The fourth-order valence-corrected chi connectivity index (χ4v) is 7.82. The number of hydrogen-bond donors (Lipinski definition) is 2. The Morgan fingerprint density at radius 3 is 2.69 bits per heavy atom. The number of nitrogens with one attached hydrogen (secondary N) is 1. The van der Waals surface area contributed by atoms with E-state index in [0.717, 1.165) is 19.4 Å². The Kier molecular flexibility index (Phi) is 8.34. The number of alkyl halides is 1. The minimum atomic E-state index is -0.954. The van der Waals surface area contributed by atoms with E-state index in [4.69, 9.17) is 9.72 Å². The summed E-state index contributed by atoms with van der Waals surface area (Å²) in [5.74, 6) is -2.11. The van der Waals surface area contributed by atoms with Gasteiger partial charge in [0, 0.05) is 50.7 Å². The molecule has 48 heavy (non-hydrogen) atoms. The number of halogens is 3. The number of carbonyl (C=O) groups is 2. The quantitative estimate of drug-likeness (QED) is 0.274. The van der Waals surface area contributed by atoms with Crippen LogP contribution in [0.2, 0.25) is 0 Å². The number of phenols is 1. The summed E-state index contributed by atoms with van der Waals surface area (Å²) in [5, 5.41) is 14.2. The lowest BCUT2D eigenvalue weighted by molar-refractivity contribution is -0.132. The highest BCUT2D eigenvalue weighted by molar-refractivity contribution is 6.02. The minimum absolute atomic E-state index is 0.0713. The van der Waals surface area contributed by atoms with Gasteiger partial charge in [-0.15, -0.1) is 0 Å². The third kappa shape index (κ3) is 5.67. The molecule has 2 atom stereocenters. The fraction of sp³-hybridized carbons (Fsp3) is 0.457. The van der Waals surface area contributed by atoms with Gasteiger partial charge in [0.2, 0.25) is 11.8 Å². The van der Waals surface area contributed by atoms with Gasteiger partial charge in [0.25, 0.3) is 0 Å². The summed E-state index contributed by atoms with van der Waals surface area (Å²) in [6.45, 7) is 5.14. The van der Waals surface area contributed by atoms with Crippen LogP contribution in [-0.4, -0.2) is 81.3 Å². The van der Waals surface area contributed by atoms with E-state index in [-0.39, 0.29) is 47.0 Å². The Hall–Kier alpha value is -4.52. The van der Waals surface area contributed by atoms with Crippen LogP contribution in [0.25, 0.3) is 32.9 Å². The molecule has 0 unspecified atom stereocenters. The van der Waals surface area contributed by atoms with Gasteiger partial charge in [-0.25, -0.2) is 13.2 Å². The molecule has 13 heteroatoms. The average Bonchev–Trinajstić information content (AvgIpc) is 3.59. The lowest BCUT2D eigenvalue weighted by atomic mass is 9.94. The molecule has 7 rings (SSSR count). The van der Waals surface area contributed by atoms with E-state index in [0.29, 0.717) is 72.9 Å². The molecule has 2 aromatic heterocycles. The van der Waals surface area contributed by atoms with Gasteiger partial charge < -0.3 is 14.7 Å². The van der Waals surface area contributed by atoms with Crippen molar-refractivity contribution in [2.75, 3.05) is 37.7 Å². The van der Waals surface area contributed by atoms with E-state index >= 15 is 4.39 Å². The summed E-state index contributed by atoms with van der Waals surface area (Å²) in [6.07, 6.45) is 3.75. The summed E-state index contributed by atoms with van der Waals surface area (Å²) < 4.78 is 52.5. The third-order valence-electron chi connectivity index (χ3n) is 10.1. The zero-order chi connectivity index (χ0) is 33.7. The third-order valence-corrected chi connectivity index (χ3v) is 10.1. The predicted molar refractivity (Wildman–Crippen MR) is 174 cm³/mol. The average molecular weight is 663 g/mol. The second-order valence-electron chi connectivity index (χ2n) is 13.2. The lowest BCUT2D eigenvalue weighted by Gasteiger charge is -2.33. The van der Waals surface area contributed by atoms with E-state index in [1.165, 1.54) is 37.4 Å². The number of aryl methyl sites for hydroxylation is 1. The Morgan fingerprint density at radius 1 is 1.15 bits per heavy atom. The molecule has 3 aliphatic rings. The topological polar surface area (TPSA) is 121 Å². The molecule has 3 fully saturated rings. The molecule has 2 N–H and O–H groups in total. The molecule has 2 amide bonds. The van der Waals surface area contributed by atoms with Gasteiger partial charge in [-0.05, 0) is 73.2 Å². The summed E-state index contributed by atoms with van der Waals surface area (Å²) in [4.78, 5) is 41.7. The maximum Gasteiger partial charge on any atom is 0.319 e.